The standard InChI is InChI=1S/C10H13ClN2O/c1-2-8(7-11)13-10(14)9-5-3-4-6-12-9/h3-6,8H,2,7H2,1H3,(H,13,14). The summed E-state index contributed by atoms with van der Waals surface area (Å²) in [6.45, 7) is 1.98. The van der Waals surface area contributed by atoms with Crippen molar-refractivity contribution in [3.05, 3.63) is 30.1 Å². The van der Waals surface area contributed by atoms with Crippen LogP contribution in [0, 0.1) is 0 Å². The fourth-order valence-corrected chi connectivity index (χ4v) is 1.30. The van der Waals surface area contributed by atoms with E-state index in [0.29, 0.717) is 11.6 Å². The minimum Gasteiger partial charge on any atom is -0.347 e. The highest BCUT2D eigenvalue weighted by atomic mass is 35.5. The fourth-order valence-electron chi connectivity index (χ4n) is 1.01. The number of pyridine rings is 1. The number of nitrogens with one attached hydrogen (secondary N) is 1. The molecule has 0 spiro atoms. The summed E-state index contributed by atoms with van der Waals surface area (Å²) in [6, 6.07) is 5.25. The summed E-state index contributed by atoms with van der Waals surface area (Å²) in [5.74, 6) is 0.257. The molecule has 0 saturated heterocycles. The van der Waals surface area contributed by atoms with Gasteiger partial charge < -0.3 is 5.32 Å². The van der Waals surface area contributed by atoms with Gasteiger partial charge >= 0.3 is 0 Å². The van der Waals surface area contributed by atoms with Gasteiger partial charge in [-0.3, -0.25) is 9.78 Å². The van der Waals surface area contributed by atoms with Crippen LogP contribution in [-0.4, -0.2) is 22.8 Å². The van der Waals surface area contributed by atoms with Crippen LogP contribution in [0.4, 0.5) is 0 Å². The van der Waals surface area contributed by atoms with E-state index in [-0.39, 0.29) is 11.9 Å². The molecule has 1 atom stereocenters. The molecule has 1 unspecified atom stereocenters. The summed E-state index contributed by atoms with van der Waals surface area (Å²) < 4.78 is 0. The first-order chi connectivity index (χ1) is 6.77. The molecule has 0 aliphatic rings. The Morgan fingerprint density at radius 1 is 1.64 bits per heavy atom. The average Bonchev–Trinajstić information content (AvgIpc) is 2.26. The fraction of sp³-hybridized carbons (Fsp3) is 0.400. The van der Waals surface area contributed by atoms with Gasteiger partial charge in [0, 0.05) is 18.1 Å². The Labute approximate surface area is 88.5 Å². The van der Waals surface area contributed by atoms with E-state index in [2.05, 4.69) is 10.3 Å². The number of nitrogens with zero attached hydrogens (tertiary/aromatic N) is 1. The van der Waals surface area contributed by atoms with Crippen LogP contribution in [0.1, 0.15) is 23.8 Å². The molecule has 3 nitrogen and oxygen atoms in total. The summed E-state index contributed by atoms with van der Waals surface area (Å²) in [4.78, 5) is 15.5. The number of aromatic nitrogens is 1. The number of hydrogen-bond donors (Lipinski definition) is 1. The van der Waals surface area contributed by atoms with Gasteiger partial charge in [0.1, 0.15) is 5.69 Å². The molecule has 1 N–H and O–H groups in total. The molecule has 0 aliphatic carbocycles. The van der Waals surface area contributed by atoms with Gasteiger partial charge in [0.05, 0.1) is 0 Å². The van der Waals surface area contributed by atoms with E-state index in [4.69, 9.17) is 11.6 Å². The third-order valence-corrected chi connectivity index (χ3v) is 2.28. The summed E-state index contributed by atoms with van der Waals surface area (Å²) in [7, 11) is 0. The number of rotatable bonds is 4. The molecule has 4 heteroatoms. The Kier molecular flexibility index (Phi) is 4.40. The second kappa shape index (κ2) is 5.60. The van der Waals surface area contributed by atoms with Gasteiger partial charge in [-0.05, 0) is 18.6 Å². The van der Waals surface area contributed by atoms with Crippen LogP contribution in [-0.2, 0) is 0 Å². The lowest BCUT2D eigenvalue weighted by Gasteiger charge is -2.12. The third kappa shape index (κ3) is 3.00. The first-order valence-electron chi connectivity index (χ1n) is 4.55. The summed E-state index contributed by atoms with van der Waals surface area (Å²) in [6.07, 6.45) is 2.42. The Balaban J connectivity index is 2.59. The van der Waals surface area contributed by atoms with Crippen molar-refractivity contribution in [2.75, 3.05) is 5.88 Å². The molecule has 1 aromatic rings. The molecule has 1 rings (SSSR count). The van der Waals surface area contributed by atoms with Gasteiger partial charge in [0.25, 0.3) is 5.91 Å². The van der Waals surface area contributed by atoms with Crippen LogP contribution < -0.4 is 5.32 Å². The maximum atomic E-state index is 11.5. The molecule has 76 valence electrons. The highest BCUT2D eigenvalue weighted by molar-refractivity contribution is 6.18. The minimum atomic E-state index is -0.168. The summed E-state index contributed by atoms with van der Waals surface area (Å²) in [5, 5.41) is 2.80. The van der Waals surface area contributed by atoms with Crippen molar-refractivity contribution in [3.63, 3.8) is 0 Å². The Bertz CT molecular complexity index is 285. The monoisotopic (exact) mass is 212 g/mol. The highest BCUT2D eigenvalue weighted by Crippen LogP contribution is 1.98. The van der Waals surface area contributed by atoms with Gasteiger partial charge in [-0.2, -0.15) is 0 Å². The van der Waals surface area contributed by atoms with E-state index in [0.717, 1.165) is 6.42 Å². The van der Waals surface area contributed by atoms with E-state index in [1.54, 1.807) is 24.4 Å². The van der Waals surface area contributed by atoms with Crippen LogP contribution in [0.25, 0.3) is 0 Å². The number of alkyl halides is 1. The lowest BCUT2D eigenvalue weighted by molar-refractivity contribution is 0.0935. The number of carbonyl (C=O) groups is 1. The molecule has 0 aliphatic heterocycles. The Hall–Kier alpha value is -1.09. The second-order valence-corrected chi connectivity index (χ2v) is 3.26. The zero-order chi connectivity index (χ0) is 10.4. The second-order valence-electron chi connectivity index (χ2n) is 2.95. The third-order valence-electron chi connectivity index (χ3n) is 1.91. The quantitative estimate of drug-likeness (QED) is 0.774. The molecule has 0 fully saturated rings. The van der Waals surface area contributed by atoms with E-state index >= 15 is 0 Å². The summed E-state index contributed by atoms with van der Waals surface area (Å²) >= 11 is 5.66. The maximum Gasteiger partial charge on any atom is 0.270 e. The van der Waals surface area contributed by atoms with Crippen molar-refractivity contribution >= 4 is 17.5 Å². The molecule has 0 aromatic carbocycles. The van der Waals surface area contributed by atoms with Gasteiger partial charge in [0.2, 0.25) is 0 Å². The first kappa shape index (κ1) is 11.0. The number of carbonyl (C=O) groups excluding carboxylic acids is 1. The molecule has 0 saturated carbocycles. The zero-order valence-electron chi connectivity index (χ0n) is 8.03. The van der Waals surface area contributed by atoms with Crippen LogP contribution in [0.2, 0.25) is 0 Å². The van der Waals surface area contributed by atoms with Crippen molar-refractivity contribution in [2.45, 2.75) is 19.4 Å². The largest absolute Gasteiger partial charge is 0.347 e. The average molecular weight is 213 g/mol. The van der Waals surface area contributed by atoms with Crippen LogP contribution >= 0.6 is 11.6 Å². The van der Waals surface area contributed by atoms with Gasteiger partial charge in [-0.15, -0.1) is 11.6 Å². The molecule has 1 heterocycles. The van der Waals surface area contributed by atoms with Crippen molar-refractivity contribution in [2.24, 2.45) is 0 Å². The van der Waals surface area contributed by atoms with Crippen molar-refractivity contribution in [1.29, 1.82) is 0 Å². The number of amides is 1. The predicted molar refractivity (Wildman–Crippen MR) is 56.5 cm³/mol. The van der Waals surface area contributed by atoms with Crippen LogP contribution in [0.15, 0.2) is 24.4 Å². The molecule has 0 radical (unpaired) electrons. The first-order valence-corrected chi connectivity index (χ1v) is 5.09. The van der Waals surface area contributed by atoms with E-state index in [1.165, 1.54) is 0 Å². The molecule has 14 heavy (non-hydrogen) atoms. The van der Waals surface area contributed by atoms with E-state index in [9.17, 15) is 4.79 Å². The normalized spacial score (nSPS) is 12.1. The maximum absolute atomic E-state index is 11.5. The highest BCUT2D eigenvalue weighted by Gasteiger charge is 2.11. The zero-order valence-corrected chi connectivity index (χ0v) is 8.79. The lowest BCUT2D eigenvalue weighted by atomic mass is 10.2. The predicted octanol–water partition coefficient (Wildman–Crippen LogP) is 1.83. The molecule has 0 bridgehead atoms. The molecular weight excluding hydrogens is 200 g/mol. The smallest absolute Gasteiger partial charge is 0.270 e. The van der Waals surface area contributed by atoms with Crippen LogP contribution in [0.5, 0.6) is 0 Å². The lowest BCUT2D eigenvalue weighted by Crippen LogP contribution is -2.35. The minimum absolute atomic E-state index is 0.0196. The van der Waals surface area contributed by atoms with Gasteiger partial charge in [0.15, 0.2) is 0 Å². The molecule has 1 aromatic heterocycles. The molecular formula is C10H13ClN2O. The van der Waals surface area contributed by atoms with E-state index < -0.39 is 0 Å². The molecule has 1 amide bonds. The topological polar surface area (TPSA) is 42.0 Å². The van der Waals surface area contributed by atoms with E-state index in [1.807, 2.05) is 6.92 Å². The number of halogens is 1. The van der Waals surface area contributed by atoms with Crippen molar-refractivity contribution in [1.82, 2.24) is 10.3 Å². The van der Waals surface area contributed by atoms with Crippen molar-refractivity contribution in [3.8, 4) is 0 Å². The van der Waals surface area contributed by atoms with Crippen molar-refractivity contribution < 1.29 is 4.79 Å². The van der Waals surface area contributed by atoms with Gasteiger partial charge in [-0.1, -0.05) is 13.0 Å². The SMILES string of the molecule is CCC(CCl)NC(=O)c1ccccn1. The van der Waals surface area contributed by atoms with Crippen LogP contribution in [0.3, 0.4) is 0 Å². The Morgan fingerprint density at radius 2 is 2.43 bits per heavy atom. The van der Waals surface area contributed by atoms with Gasteiger partial charge in [-0.25, -0.2) is 0 Å². The number of hydrogen-bond acceptors (Lipinski definition) is 2. The summed E-state index contributed by atoms with van der Waals surface area (Å²) in [5.41, 5.74) is 0.427. The Morgan fingerprint density at radius 3 is 2.93 bits per heavy atom.